The zero-order valence-corrected chi connectivity index (χ0v) is 16.6. The Morgan fingerprint density at radius 1 is 0.741 bits per heavy atom. The van der Waals surface area contributed by atoms with E-state index in [-0.39, 0.29) is 18.0 Å². The van der Waals surface area contributed by atoms with Crippen LogP contribution in [-0.4, -0.2) is 31.5 Å². The molecule has 0 bridgehead atoms. The van der Waals surface area contributed by atoms with Gasteiger partial charge in [0.25, 0.3) is 0 Å². The van der Waals surface area contributed by atoms with Crippen LogP contribution in [0.5, 0.6) is 28.7 Å². The van der Waals surface area contributed by atoms with Crippen molar-refractivity contribution < 1.29 is 24.1 Å². The first-order chi connectivity index (χ1) is 12.8. The maximum Gasteiger partial charge on any atom is 0.165 e. The average molecular weight is 370 g/mol. The van der Waals surface area contributed by atoms with E-state index in [1.165, 1.54) is 6.07 Å². The maximum absolute atomic E-state index is 10.3. The molecule has 1 N–H and O–H groups in total. The van der Waals surface area contributed by atoms with Crippen molar-refractivity contribution in [2.24, 2.45) is 0 Å². The summed E-state index contributed by atoms with van der Waals surface area (Å²) in [6.07, 6.45) is -0.0159. The van der Waals surface area contributed by atoms with E-state index in [4.69, 9.17) is 18.9 Å². The molecular formula is C22H26O5. The van der Waals surface area contributed by atoms with Crippen molar-refractivity contribution in [3.8, 4) is 40.6 Å². The van der Waals surface area contributed by atoms with Gasteiger partial charge in [0, 0.05) is 17.7 Å². The molecule has 0 fully saturated rings. The SMILES string of the molecule is COc1ccc(C#Cc2cc(OC)c(OC(C)C)cc2O)cc1OC(C)C. The Balaban J connectivity index is 2.37. The summed E-state index contributed by atoms with van der Waals surface area (Å²) in [6.45, 7) is 7.71. The molecule has 0 radical (unpaired) electrons. The van der Waals surface area contributed by atoms with Crippen molar-refractivity contribution in [1.29, 1.82) is 0 Å². The largest absolute Gasteiger partial charge is 0.506 e. The van der Waals surface area contributed by atoms with Crippen molar-refractivity contribution in [3.63, 3.8) is 0 Å². The molecule has 0 atom stereocenters. The van der Waals surface area contributed by atoms with Crippen molar-refractivity contribution >= 4 is 0 Å². The van der Waals surface area contributed by atoms with Crippen molar-refractivity contribution in [1.82, 2.24) is 0 Å². The molecule has 2 rings (SSSR count). The number of benzene rings is 2. The lowest BCUT2D eigenvalue weighted by molar-refractivity contribution is 0.229. The monoisotopic (exact) mass is 370 g/mol. The molecule has 0 aliphatic carbocycles. The fourth-order valence-corrected chi connectivity index (χ4v) is 2.39. The fourth-order valence-electron chi connectivity index (χ4n) is 2.39. The Bertz CT molecular complexity index is 844. The van der Waals surface area contributed by atoms with E-state index in [1.807, 2.05) is 45.9 Å². The molecule has 144 valence electrons. The van der Waals surface area contributed by atoms with Gasteiger partial charge in [-0.1, -0.05) is 11.8 Å². The van der Waals surface area contributed by atoms with Crippen LogP contribution in [0.3, 0.4) is 0 Å². The molecule has 0 aliphatic rings. The molecule has 0 aliphatic heterocycles. The highest BCUT2D eigenvalue weighted by Crippen LogP contribution is 2.34. The zero-order chi connectivity index (χ0) is 20.0. The molecule has 0 spiro atoms. The Morgan fingerprint density at radius 3 is 1.89 bits per heavy atom. The highest BCUT2D eigenvalue weighted by molar-refractivity contribution is 5.58. The standard InChI is InChI=1S/C22H26O5/c1-14(2)26-21-11-16(8-10-19(21)24-5)7-9-17-12-20(25-6)22(13-18(17)23)27-15(3)4/h8,10-15,23H,1-6H3. The first kappa shape index (κ1) is 20.3. The van der Waals surface area contributed by atoms with Gasteiger partial charge >= 0.3 is 0 Å². The van der Waals surface area contributed by atoms with Crippen LogP contribution in [0.4, 0.5) is 0 Å². The lowest BCUT2D eigenvalue weighted by Crippen LogP contribution is -2.07. The van der Waals surface area contributed by atoms with E-state index in [2.05, 4.69) is 11.8 Å². The lowest BCUT2D eigenvalue weighted by Gasteiger charge is -2.14. The summed E-state index contributed by atoms with van der Waals surface area (Å²) >= 11 is 0. The van der Waals surface area contributed by atoms with Gasteiger partial charge in [0.05, 0.1) is 32.0 Å². The summed E-state index contributed by atoms with van der Waals surface area (Å²) in [7, 11) is 3.15. The third kappa shape index (κ3) is 5.49. The smallest absolute Gasteiger partial charge is 0.165 e. The van der Waals surface area contributed by atoms with Gasteiger partial charge < -0.3 is 24.1 Å². The molecule has 27 heavy (non-hydrogen) atoms. The first-order valence-electron chi connectivity index (χ1n) is 8.78. The molecule has 0 saturated carbocycles. The van der Waals surface area contributed by atoms with Crippen LogP contribution < -0.4 is 18.9 Å². The van der Waals surface area contributed by atoms with Crippen LogP contribution in [0.15, 0.2) is 30.3 Å². The van der Waals surface area contributed by atoms with Gasteiger partial charge in [-0.15, -0.1) is 0 Å². The van der Waals surface area contributed by atoms with Crippen molar-refractivity contribution in [3.05, 3.63) is 41.5 Å². The molecule has 0 amide bonds. The number of hydrogen-bond acceptors (Lipinski definition) is 5. The summed E-state index contributed by atoms with van der Waals surface area (Å²) in [5, 5.41) is 10.3. The van der Waals surface area contributed by atoms with Crippen LogP contribution in [0.2, 0.25) is 0 Å². The van der Waals surface area contributed by atoms with Gasteiger partial charge in [-0.3, -0.25) is 0 Å². The molecule has 0 aromatic heterocycles. The number of aromatic hydroxyl groups is 1. The quantitative estimate of drug-likeness (QED) is 0.765. The highest BCUT2D eigenvalue weighted by atomic mass is 16.5. The first-order valence-corrected chi connectivity index (χ1v) is 8.78. The van der Waals surface area contributed by atoms with Gasteiger partial charge in [0.15, 0.2) is 23.0 Å². The second kappa shape index (κ2) is 9.09. The minimum Gasteiger partial charge on any atom is -0.506 e. The van der Waals surface area contributed by atoms with Crippen LogP contribution in [0.25, 0.3) is 0 Å². The number of ether oxygens (including phenoxy) is 4. The molecule has 0 unspecified atom stereocenters. The third-order valence-electron chi connectivity index (χ3n) is 3.51. The Morgan fingerprint density at radius 2 is 1.33 bits per heavy atom. The minimum atomic E-state index is -0.0334. The van der Waals surface area contributed by atoms with Gasteiger partial charge in [-0.2, -0.15) is 0 Å². The van der Waals surface area contributed by atoms with E-state index in [1.54, 1.807) is 20.3 Å². The maximum atomic E-state index is 10.3. The fraction of sp³-hybridized carbons (Fsp3) is 0.364. The lowest BCUT2D eigenvalue weighted by atomic mass is 10.1. The summed E-state index contributed by atoms with van der Waals surface area (Å²) < 4.78 is 22.1. The molecule has 5 nitrogen and oxygen atoms in total. The number of phenols is 1. The molecule has 0 heterocycles. The van der Waals surface area contributed by atoms with E-state index < -0.39 is 0 Å². The molecule has 0 saturated heterocycles. The predicted octanol–water partition coefficient (Wildman–Crippen LogP) is 4.38. The normalized spacial score (nSPS) is 10.4. The molecule has 2 aromatic rings. The average Bonchev–Trinajstić information content (AvgIpc) is 2.60. The number of methoxy groups -OCH3 is 2. The number of rotatable bonds is 6. The molecule has 2 aromatic carbocycles. The van der Waals surface area contributed by atoms with E-state index >= 15 is 0 Å². The minimum absolute atomic E-state index is 0.0175. The second-order valence-corrected chi connectivity index (χ2v) is 6.47. The Labute approximate surface area is 160 Å². The van der Waals surface area contributed by atoms with Crippen molar-refractivity contribution in [2.45, 2.75) is 39.9 Å². The topological polar surface area (TPSA) is 57.2 Å². The second-order valence-electron chi connectivity index (χ2n) is 6.47. The number of phenolic OH excluding ortho intramolecular Hbond substituents is 1. The summed E-state index contributed by atoms with van der Waals surface area (Å²) in [5.74, 6) is 8.31. The van der Waals surface area contributed by atoms with Crippen LogP contribution in [0.1, 0.15) is 38.8 Å². The van der Waals surface area contributed by atoms with E-state index in [9.17, 15) is 5.11 Å². The summed E-state index contributed by atoms with van der Waals surface area (Å²) in [5.41, 5.74) is 1.19. The van der Waals surface area contributed by atoms with Gasteiger partial charge in [-0.05, 0) is 45.9 Å². The number of hydrogen-bond donors (Lipinski definition) is 1. The molecular weight excluding hydrogens is 344 g/mol. The van der Waals surface area contributed by atoms with E-state index in [0.29, 0.717) is 28.6 Å². The van der Waals surface area contributed by atoms with E-state index in [0.717, 1.165) is 5.56 Å². The summed E-state index contributed by atoms with van der Waals surface area (Å²) in [4.78, 5) is 0. The summed E-state index contributed by atoms with van der Waals surface area (Å²) in [6, 6.07) is 8.64. The predicted molar refractivity (Wildman–Crippen MR) is 105 cm³/mol. The van der Waals surface area contributed by atoms with Crippen LogP contribution in [-0.2, 0) is 0 Å². The Kier molecular flexibility index (Phi) is 6.84. The van der Waals surface area contributed by atoms with Crippen LogP contribution in [0, 0.1) is 11.8 Å². The third-order valence-corrected chi connectivity index (χ3v) is 3.51. The molecule has 5 heteroatoms. The van der Waals surface area contributed by atoms with Gasteiger partial charge in [0.1, 0.15) is 5.75 Å². The van der Waals surface area contributed by atoms with Gasteiger partial charge in [-0.25, -0.2) is 0 Å². The highest BCUT2D eigenvalue weighted by Gasteiger charge is 2.12. The Hall–Kier alpha value is -3.00. The van der Waals surface area contributed by atoms with Crippen molar-refractivity contribution in [2.75, 3.05) is 14.2 Å². The van der Waals surface area contributed by atoms with Gasteiger partial charge in [0.2, 0.25) is 0 Å². The zero-order valence-electron chi connectivity index (χ0n) is 16.6. The van der Waals surface area contributed by atoms with Crippen LogP contribution >= 0.6 is 0 Å².